The van der Waals surface area contributed by atoms with Crippen molar-refractivity contribution in [3.8, 4) is 17.0 Å². The minimum atomic E-state index is -0.124. The molecule has 0 bridgehead atoms. The first-order valence-electron chi connectivity index (χ1n) is 9.12. The van der Waals surface area contributed by atoms with Crippen molar-refractivity contribution in [1.29, 1.82) is 0 Å². The number of thiazole rings is 1. The Morgan fingerprint density at radius 1 is 1.11 bits per heavy atom. The minimum Gasteiger partial charge on any atom is -0.493 e. The van der Waals surface area contributed by atoms with Crippen LogP contribution in [-0.2, 0) is 6.42 Å². The van der Waals surface area contributed by atoms with Crippen LogP contribution in [0.3, 0.4) is 0 Å². The van der Waals surface area contributed by atoms with Crippen molar-refractivity contribution in [1.82, 2.24) is 4.98 Å². The standard InChI is InChI=1S/C21H18N2O2S3/c24-19(13-1-3-14(4-2-13)20-26-9-10-27-20)23-21-22-17(12-28-21)15-5-6-18-16(11-15)7-8-25-18/h1-6,11-12,20H,7-10H2,(H,22,23,24). The lowest BCUT2D eigenvalue weighted by Gasteiger charge is -2.09. The Labute approximate surface area is 176 Å². The fourth-order valence-electron chi connectivity index (χ4n) is 3.32. The summed E-state index contributed by atoms with van der Waals surface area (Å²) < 4.78 is 6.06. The van der Waals surface area contributed by atoms with E-state index in [2.05, 4.69) is 28.5 Å². The Morgan fingerprint density at radius 2 is 1.93 bits per heavy atom. The molecule has 28 heavy (non-hydrogen) atoms. The van der Waals surface area contributed by atoms with E-state index in [1.54, 1.807) is 0 Å². The Kier molecular flexibility index (Phi) is 5.05. The number of anilines is 1. The molecular weight excluding hydrogens is 408 g/mol. The van der Waals surface area contributed by atoms with Crippen LogP contribution >= 0.6 is 34.9 Å². The Hall–Kier alpha value is -1.96. The van der Waals surface area contributed by atoms with Crippen LogP contribution in [0.1, 0.15) is 26.1 Å². The maximum Gasteiger partial charge on any atom is 0.257 e. The van der Waals surface area contributed by atoms with Crippen molar-refractivity contribution >= 4 is 45.9 Å². The number of carbonyl (C=O) groups excluding carboxylic acids is 1. The van der Waals surface area contributed by atoms with Gasteiger partial charge in [0.1, 0.15) is 5.75 Å². The predicted octanol–water partition coefficient (Wildman–Crippen LogP) is 5.48. The molecule has 2 aliphatic heterocycles. The third-order valence-electron chi connectivity index (χ3n) is 4.78. The van der Waals surface area contributed by atoms with Gasteiger partial charge >= 0.3 is 0 Å². The van der Waals surface area contributed by atoms with Crippen molar-refractivity contribution in [2.75, 3.05) is 23.4 Å². The number of ether oxygens (including phenoxy) is 1. The van der Waals surface area contributed by atoms with Gasteiger partial charge in [0, 0.05) is 34.4 Å². The van der Waals surface area contributed by atoms with Gasteiger partial charge in [-0.1, -0.05) is 12.1 Å². The third kappa shape index (κ3) is 3.66. The summed E-state index contributed by atoms with van der Waals surface area (Å²) in [6, 6.07) is 14.1. The van der Waals surface area contributed by atoms with Gasteiger partial charge in [0.05, 0.1) is 16.9 Å². The van der Waals surface area contributed by atoms with E-state index in [1.807, 2.05) is 53.2 Å². The molecule has 1 amide bonds. The van der Waals surface area contributed by atoms with Crippen LogP contribution in [0.5, 0.6) is 5.75 Å². The molecule has 0 spiro atoms. The summed E-state index contributed by atoms with van der Waals surface area (Å²) in [4.78, 5) is 17.2. The largest absolute Gasteiger partial charge is 0.493 e. The number of rotatable bonds is 4. The average Bonchev–Trinajstić information content (AvgIpc) is 3.48. The summed E-state index contributed by atoms with van der Waals surface area (Å²) in [5, 5.41) is 5.51. The van der Waals surface area contributed by atoms with Crippen LogP contribution in [0.25, 0.3) is 11.3 Å². The fraction of sp³-hybridized carbons (Fsp3) is 0.238. The summed E-state index contributed by atoms with van der Waals surface area (Å²) in [5.74, 6) is 3.23. The number of amides is 1. The number of carbonyl (C=O) groups is 1. The van der Waals surface area contributed by atoms with Gasteiger partial charge in [-0.05, 0) is 41.5 Å². The molecule has 1 N–H and O–H groups in total. The highest BCUT2D eigenvalue weighted by Gasteiger charge is 2.19. The monoisotopic (exact) mass is 426 g/mol. The number of nitrogens with zero attached hydrogens (tertiary/aromatic N) is 1. The number of nitrogens with one attached hydrogen (secondary N) is 1. The number of aromatic nitrogens is 1. The zero-order valence-electron chi connectivity index (χ0n) is 15.0. The van der Waals surface area contributed by atoms with E-state index in [0.717, 1.165) is 30.0 Å². The van der Waals surface area contributed by atoms with Crippen LogP contribution < -0.4 is 10.1 Å². The van der Waals surface area contributed by atoms with E-state index in [4.69, 9.17) is 4.74 Å². The van der Waals surface area contributed by atoms with Crippen molar-refractivity contribution in [3.05, 3.63) is 64.5 Å². The number of hydrogen-bond donors (Lipinski definition) is 1. The summed E-state index contributed by atoms with van der Waals surface area (Å²) in [7, 11) is 0. The Balaban J connectivity index is 1.28. The van der Waals surface area contributed by atoms with Crippen molar-refractivity contribution in [3.63, 3.8) is 0 Å². The lowest BCUT2D eigenvalue weighted by atomic mass is 10.1. The van der Waals surface area contributed by atoms with Crippen LogP contribution in [0, 0.1) is 0 Å². The van der Waals surface area contributed by atoms with E-state index in [1.165, 1.54) is 34.0 Å². The van der Waals surface area contributed by atoms with E-state index in [-0.39, 0.29) is 5.91 Å². The molecule has 3 heterocycles. The highest BCUT2D eigenvalue weighted by molar-refractivity contribution is 8.19. The SMILES string of the molecule is O=C(Nc1nc(-c2ccc3c(c2)CCO3)cs1)c1ccc(C2SCCS2)cc1. The third-order valence-corrected chi connectivity index (χ3v) is 8.64. The fourth-order valence-corrected chi connectivity index (χ4v) is 6.90. The van der Waals surface area contributed by atoms with Gasteiger partial charge in [-0.25, -0.2) is 4.98 Å². The second-order valence-electron chi connectivity index (χ2n) is 6.61. The number of benzene rings is 2. The molecule has 0 aliphatic carbocycles. The second-order valence-corrected chi connectivity index (χ2v) is 10.2. The van der Waals surface area contributed by atoms with E-state index >= 15 is 0 Å². The van der Waals surface area contributed by atoms with Crippen LogP contribution in [0.15, 0.2) is 47.8 Å². The first-order chi connectivity index (χ1) is 13.8. The van der Waals surface area contributed by atoms with Crippen molar-refractivity contribution < 1.29 is 9.53 Å². The molecule has 2 aromatic carbocycles. The molecule has 5 rings (SSSR count). The van der Waals surface area contributed by atoms with Crippen LogP contribution in [0.4, 0.5) is 5.13 Å². The number of thioether (sulfide) groups is 2. The molecule has 1 aromatic heterocycles. The number of hydrogen-bond acceptors (Lipinski definition) is 6. The molecule has 0 saturated carbocycles. The van der Waals surface area contributed by atoms with Gasteiger partial charge < -0.3 is 4.74 Å². The van der Waals surface area contributed by atoms with Gasteiger partial charge in [-0.3, -0.25) is 10.1 Å². The topological polar surface area (TPSA) is 51.2 Å². The van der Waals surface area contributed by atoms with Crippen LogP contribution in [-0.4, -0.2) is 29.0 Å². The summed E-state index contributed by atoms with van der Waals surface area (Å²) >= 11 is 5.38. The zero-order chi connectivity index (χ0) is 18.9. The highest BCUT2D eigenvalue weighted by Crippen LogP contribution is 2.45. The van der Waals surface area contributed by atoms with Gasteiger partial charge in [0.2, 0.25) is 0 Å². The van der Waals surface area contributed by atoms with Gasteiger partial charge in [-0.2, -0.15) is 0 Å². The normalized spacial score (nSPS) is 16.0. The first kappa shape index (κ1) is 18.1. The summed E-state index contributed by atoms with van der Waals surface area (Å²) in [6.07, 6.45) is 0.935. The van der Waals surface area contributed by atoms with Crippen molar-refractivity contribution in [2.24, 2.45) is 0 Å². The highest BCUT2D eigenvalue weighted by atomic mass is 32.2. The summed E-state index contributed by atoms with van der Waals surface area (Å²) in [6.45, 7) is 0.744. The molecule has 1 saturated heterocycles. The molecule has 7 heteroatoms. The van der Waals surface area contributed by atoms with Crippen molar-refractivity contribution in [2.45, 2.75) is 11.0 Å². The van der Waals surface area contributed by atoms with Gasteiger partial charge in [0.25, 0.3) is 5.91 Å². The quantitative estimate of drug-likeness (QED) is 0.599. The molecule has 142 valence electrons. The molecule has 4 nitrogen and oxygen atoms in total. The average molecular weight is 427 g/mol. The van der Waals surface area contributed by atoms with E-state index in [9.17, 15) is 4.79 Å². The Bertz CT molecular complexity index is 1010. The molecule has 1 fully saturated rings. The maximum atomic E-state index is 12.6. The minimum absolute atomic E-state index is 0.124. The molecule has 2 aliphatic rings. The lowest BCUT2D eigenvalue weighted by Crippen LogP contribution is -2.11. The second kappa shape index (κ2) is 7.81. The Morgan fingerprint density at radius 3 is 2.75 bits per heavy atom. The summed E-state index contributed by atoms with van der Waals surface area (Å²) in [5.41, 5.74) is 5.08. The molecule has 0 atom stereocenters. The lowest BCUT2D eigenvalue weighted by molar-refractivity contribution is 0.102. The molecular formula is C21H18N2O2S3. The van der Waals surface area contributed by atoms with Crippen LogP contribution in [0.2, 0.25) is 0 Å². The molecule has 3 aromatic rings. The predicted molar refractivity (Wildman–Crippen MR) is 119 cm³/mol. The van der Waals surface area contributed by atoms with Gasteiger partial charge in [-0.15, -0.1) is 34.9 Å². The first-order valence-corrected chi connectivity index (χ1v) is 12.1. The molecule has 0 radical (unpaired) electrons. The van der Waals surface area contributed by atoms with E-state index < -0.39 is 0 Å². The van der Waals surface area contributed by atoms with Gasteiger partial charge in [0.15, 0.2) is 5.13 Å². The molecule has 0 unspecified atom stereocenters. The number of fused-ring (bicyclic) bond motifs is 1. The van der Waals surface area contributed by atoms with E-state index in [0.29, 0.717) is 15.3 Å². The zero-order valence-corrected chi connectivity index (χ0v) is 17.5. The maximum absolute atomic E-state index is 12.6. The smallest absolute Gasteiger partial charge is 0.257 e.